The zero-order valence-electron chi connectivity index (χ0n) is 18.4. The minimum Gasteiger partial charge on any atom is -0.380 e. The molecule has 1 saturated heterocycles. The third kappa shape index (κ3) is 5.66. The first-order chi connectivity index (χ1) is 16.7. The number of nitrogens with one attached hydrogen (secondary N) is 4. The fourth-order valence-corrected chi connectivity index (χ4v) is 3.19. The van der Waals surface area contributed by atoms with Crippen LogP contribution in [0.25, 0.3) is 11.7 Å². The van der Waals surface area contributed by atoms with E-state index in [0.717, 1.165) is 18.6 Å². The average molecular weight is 490 g/mol. The number of anilines is 3. The third-order valence-corrected chi connectivity index (χ3v) is 4.74. The molecule has 0 unspecified atom stereocenters. The van der Waals surface area contributed by atoms with Crippen molar-refractivity contribution in [3.05, 3.63) is 47.3 Å². The zero-order chi connectivity index (χ0) is 25.0. The molecule has 14 heteroatoms. The number of carbonyl (C=O) groups excluding carboxylic acids is 2. The van der Waals surface area contributed by atoms with Crippen molar-refractivity contribution >= 4 is 41.2 Å². The van der Waals surface area contributed by atoms with Gasteiger partial charge in [-0.1, -0.05) is 13.0 Å². The maximum absolute atomic E-state index is 13.1. The van der Waals surface area contributed by atoms with Gasteiger partial charge in [0.25, 0.3) is 5.91 Å². The molecule has 3 amide bonds. The zero-order valence-corrected chi connectivity index (χ0v) is 18.4. The normalized spacial score (nSPS) is 14.9. The predicted octanol–water partition coefficient (Wildman–Crippen LogP) is 2.91. The van der Waals surface area contributed by atoms with Crippen LogP contribution >= 0.6 is 0 Å². The SMILES string of the molecule is CCCOCCNc1nc(Nc2cccc(C(F)(F)F)c2)nc2c(/C=C3\NC(=O)NC3=O)cnn12. The van der Waals surface area contributed by atoms with Gasteiger partial charge >= 0.3 is 12.2 Å². The first-order valence-electron chi connectivity index (χ1n) is 10.6. The van der Waals surface area contributed by atoms with E-state index in [-0.39, 0.29) is 28.9 Å². The first-order valence-corrected chi connectivity index (χ1v) is 10.6. The number of hydrogen-bond acceptors (Lipinski definition) is 8. The molecule has 3 aromatic rings. The number of urea groups is 1. The van der Waals surface area contributed by atoms with Crippen LogP contribution in [0.3, 0.4) is 0 Å². The second-order valence-corrected chi connectivity index (χ2v) is 7.42. The summed E-state index contributed by atoms with van der Waals surface area (Å²) in [4.78, 5) is 32.0. The Morgan fingerprint density at radius 3 is 2.71 bits per heavy atom. The Morgan fingerprint density at radius 2 is 2.00 bits per heavy atom. The Bertz CT molecular complexity index is 1290. The van der Waals surface area contributed by atoms with E-state index in [4.69, 9.17) is 4.74 Å². The first kappa shape index (κ1) is 23.9. The quantitative estimate of drug-likeness (QED) is 0.204. The van der Waals surface area contributed by atoms with Crippen LogP contribution in [0, 0.1) is 0 Å². The van der Waals surface area contributed by atoms with Gasteiger partial charge in [0.2, 0.25) is 11.9 Å². The maximum Gasteiger partial charge on any atom is 0.416 e. The van der Waals surface area contributed by atoms with E-state index >= 15 is 0 Å². The molecule has 11 nitrogen and oxygen atoms in total. The fourth-order valence-electron chi connectivity index (χ4n) is 3.19. The van der Waals surface area contributed by atoms with Gasteiger partial charge in [0.15, 0.2) is 5.65 Å². The highest BCUT2D eigenvalue weighted by Gasteiger charge is 2.30. The summed E-state index contributed by atoms with van der Waals surface area (Å²) in [7, 11) is 0. The predicted molar refractivity (Wildman–Crippen MR) is 120 cm³/mol. The van der Waals surface area contributed by atoms with Gasteiger partial charge in [-0.25, -0.2) is 4.79 Å². The minimum absolute atomic E-state index is 0.00150. The number of fused-ring (bicyclic) bond motifs is 1. The van der Waals surface area contributed by atoms with E-state index in [0.29, 0.717) is 25.3 Å². The van der Waals surface area contributed by atoms with Crippen LogP contribution < -0.4 is 21.3 Å². The van der Waals surface area contributed by atoms with Crippen molar-refractivity contribution in [1.29, 1.82) is 0 Å². The average Bonchev–Trinajstić information content (AvgIpc) is 3.35. The number of nitrogens with zero attached hydrogens (tertiary/aromatic N) is 4. The monoisotopic (exact) mass is 490 g/mol. The van der Waals surface area contributed by atoms with Crippen LogP contribution in [0.2, 0.25) is 0 Å². The standard InChI is InChI=1S/C21H21F3N8O3/c1-2-7-35-8-6-25-19-31-18(27-14-5-3-4-13(10-14)21(22,23)24)29-16-12(11-26-32(16)19)9-15-17(33)30-20(34)28-15/h3-5,9-11H,2,6-8H2,1H3,(H2,25,27,29,31)(H2,28,30,33,34)/b15-9-. The molecular weight excluding hydrogens is 469 g/mol. The van der Waals surface area contributed by atoms with Crippen LogP contribution in [0.15, 0.2) is 36.2 Å². The largest absolute Gasteiger partial charge is 0.416 e. The summed E-state index contributed by atoms with van der Waals surface area (Å²) in [6.07, 6.45) is -0.839. The summed E-state index contributed by atoms with van der Waals surface area (Å²) in [6, 6.07) is 3.96. The molecule has 1 fully saturated rings. The van der Waals surface area contributed by atoms with Gasteiger partial charge in [0, 0.05) is 24.4 Å². The summed E-state index contributed by atoms with van der Waals surface area (Å²) in [5, 5.41) is 14.6. The van der Waals surface area contributed by atoms with Crippen LogP contribution in [0.4, 0.5) is 35.5 Å². The lowest BCUT2D eigenvalue weighted by Crippen LogP contribution is -2.22. The molecule has 0 aliphatic carbocycles. The van der Waals surface area contributed by atoms with Gasteiger partial charge < -0.3 is 20.7 Å². The summed E-state index contributed by atoms with van der Waals surface area (Å²) in [5.74, 6) is -0.375. The number of benzene rings is 1. The lowest BCUT2D eigenvalue weighted by Gasteiger charge is -2.12. The van der Waals surface area contributed by atoms with Crippen LogP contribution in [0.5, 0.6) is 0 Å². The van der Waals surface area contributed by atoms with Gasteiger partial charge in [-0.15, -0.1) is 0 Å². The van der Waals surface area contributed by atoms with Gasteiger partial charge in [0.05, 0.1) is 18.4 Å². The van der Waals surface area contributed by atoms with Crippen molar-refractivity contribution in [2.24, 2.45) is 0 Å². The Kier molecular flexibility index (Phi) is 6.82. The number of alkyl halides is 3. The van der Waals surface area contributed by atoms with Crippen molar-refractivity contribution < 1.29 is 27.5 Å². The van der Waals surface area contributed by atoms with Crippen molar-refractivity contribution in [3.63, 3.8) is 0 Å². The van der Waals surface area contributed by atoms with Crippen molar-refractivity contribution in [1.82, 2.24) is 30.2 Å². The Labute approximate surface area is 196 Å². The Balaban J connectivity index is 1.69. The summed E-state index contributed by atoms with van der Waals surface area (Å²) in [6.45, 7) is 3.35. The van der Waals surface area contributed by atoms with E-state index < -0.39 is 23.7 Å². The lowest BCUT2D eigenvalue weighted by atomic mass is 10.2. The number of hydrogen-bond donors (Lipinski definition) is 4. The number of rotatable bonds is 9. The molecule has 2 aromatic heterocycles. The van der Waals surface area contributed by atoms with Gasteiger partial charge in [-0.05, 0) is 30.7 Å². The highest BCUT2D eigenvalue weighted by atomic mass is 19.4. The minimum atomic E-state index is -4.51. The highest BCUT2D eigenvalue weighted by molar-refractivity contribution is 6.14. The molecule has 1 aliphatic heterocycles. The van der Waals surface area contributed by atoms with Gasteiger partial charge in [-0.3, -0.25) is 10.1 Å². The Morgan fingerprint density at radius 1 is 1.17 bits per heavy atom. The number of amides is 3. The molecule has 0 atom stereocenters. The van der Waals surface area contributed by atoms with E-state index in [1.807, 2.05) is 6.92 Å². The van der Waals surface area contributed by atoms with Crippen molar-refractivity contribution in [2.75, 3.05) is 30.4 Å². The third-order valence-electron chi connectivity index (χ3n) is 4.74. The van der Waals surface area contributed by atoms with Crippen molar-refractivity contribution in [2.45, 2.75) is 19.5 Å². The molecule has 0 spiro atoms. The number of halogens is 3. The topological polar surface area (TPSA) is 135 Å². The number of imide groups is 1. The Hall–Kier alpha value is -4.20. The number of ether oxygens (including phenoxy) is 1. The van der Waals surface area contributed by atoms with Crippen LogP contribution in [-0.2, 0) is 15.7 Å². The summed E-state index contributed by atoms with van der Waals surface area (Å²) >= 11 is 0. The van der Waals surface area contributed by atoms with E-state index in [1.54, 1.807) is 0 Å². The molecular formula is C21H21F3N8O3. The van der Waals surface area contributed by atoms with Crippen LogP contribution in [0.1, 0.15) is 24.5 Å². The van der Waals surface area contributed by atoms with E-state index in [1.165, 1.54) is 28.9 Å². The molecule has 35 heavy (non-hydrogen) atoms. The number of aromatic nitrogens is 4. The highest BCUT2D eigenvalue weighted by Crippen LogP contribution is 2.31. The lowest BCUT2D eigenvalue weighted by molar-refractivity contribution is -0.137. The molecule has 0 saturated carbocycles. The van der Waals surface area contributed by atoms with E-state index in [2.05, 4.69) is 36.3 Å². The molecule has 4 rings (SSSR count). The molecule has 0 radical (unpaired) electrons. The smallest absolute Gasteiger partial charge is 0.380 e. The second-order valence-electron chi connectivity index (χ2n) is 7.42. The summed E-state index contributed by atoms with van der Waals surface area (Å²) < 4.78 is 46.2. The number of carbonyl (C=O) groups is 2. The van der Waals surface area contributed by atoms with E-state index in [9.17, 15) is 22.8 Å². The molecule has 0 bridgehead atoms. The van der Waals surface area contributed by atoms with Gasteiger partial charge in [0.1, 0.15) is 5.70 Å². The fraction of sp³-hybridized carbons (Fsp3) is 0.286. The molecule has 184 valence electrons. The molecule has 1 aromatic carbocycles. The molecule has 3 heterocycles. The van der Waals surface area contributed by atoms with Crippen molar-refractivity contribution in [3.8, 4) is 0 Å². The van der Waals surface area contributed by atoms with Crippen LogP contribution in [-0.4, -0.2) is 51.3 Å². The molecule has 1 aliphatic rings. The second kappa shape index (κ2) is 9.97. The summed E-state index contributed by atoms with van der Waals surface area (Å²) in [5.41, 5.74) is -0.0839. The molecule has 4 N–H and O–H groups in total. The van der Waals surface area contributed by atoms with Gasteiger partial charge in [-0.2, -0.15) is 32.8 Å². The maximum atomic E-state index is 13.1.